The third-order valence-electron chi connectivity index (χ3n) is 11.2. The number of rotatable bonds is 18. The lowest BCUT2D eigenvalue weighted by Crippen LogP contribution is -2.49. The predicted octanol–water partition coefficient (Wildman–Crippen LogP) is 4.40. The number of ether oxygens (including phenoxy) is 5. The molecule has 0 spiro atoms. The molecule has 12 nitrogen and oxygen atoms in total. The van der Waals surface area contributed by atoms with Gasteiger partial charge in [0.2, 0.25) is 5.91 Å². The first-order valence-electron chi connectivity index (χ1n) is 20.4. The highest BCUT2D eigenvalue weighted by molar-refractivity contribution is 5.80. The van der Waals surface area contributed by atoms with E-state index in [2.05, 4.69) is 15.5 Å². The van der Waals surface area contributed by atoms with Gasteiger partial charge in [0.1, 0.15) is 18.5 Å². The number of nitrogens with one attached hydrogen (secondary N) is 2. The van der Waals surface area contributed by atoms with Crippen LogP contribution in [0.2, 0.25) is 0 Å². The maximum atomic E-state index is 14.3. The molecule has 4 N–H and O–H groups in total. The third-order valence-corrected chi connectivity index (χ3v) is 11.2. The van der Waals surface area contributed by atoms with E-state index < -0.39 is 48.5 Å². The van der Waals surface area contributed by atoms with Crippen molar-refractivity contribution < 1.29 is 43.5 Å². The molecule has 0 saturated carbocycles. The summed E-state index contributed by atoms with van der Waals surface area (Å²) in [6.45, 7) is 5.45. The summed E-state index contributed by atoms with van der Waals surface area (Å²) in [6, 6.07) is 33.3. The normalized spacial score (nSPS) is 22.0. The Morgan fingerprint density at radius 3 is 2.22 bits per heavy atom. The Hall–Kier alpha value is -4.82. The van der Waals surface area contributed by atoms with Gasteiger partial charge in [0, 0.05) is 32.0 Å². The van der Waals surface area contributed by atoms with Crippen molar-refractivity contribution in [1.82, 2.24) is 15.5 Å². The van der Waals surface area contributed by atoms with Crippen molar-refractivity contribution in [2.24, 2.45) is 5.92 Å². The van der Waals surface area contributed by atoms with E-state index in [9.17, 15) is 19.8 Å². The minimum Gasteiger partial charge on any atom is -0.492 e. The summed E-state index contributed by atoms with van der Waals surface area (Å²) in [5.74, 6) is -0.277. The van der Waals surface area contributed by atoms with Gasteiger partial charge in [0.25, 0.3) is 0 Å². The number of carbonyl (C=O) groups is 2. The SMILES string of the molecule is O=C(N[C@@H](Cc1ccccc1)[C@@H](O)C[C@@H](Cc1ccc(OCCN2CCOCC2)cc1)C(=O)N[C@H]1c2ccccc2C[C@H]1O)O[C@@H]1COC[C@H]1OCc1ccccc1. The van der Waals surface area contributed by atoms with Crippen LogP contribution in [0.3, 0.4) is 0 Å². The molecule has 7 rings (SSSR count). The van der Waals surface area contributed by atoms with E-state index in [0.29, 0.717) is 39.1 Å². The number of fused-ring (bicyclic) bond motifs is 1. The third kappa shape index (κ3) is 11.6. The Balaban J connectivity index is 1.04. The molecule has 1 aliphatic carbocycles. The van der Waals surface area contributed by atoms with Gasteiger partial charge in [0.15, 0.2) is 6.10 Å². The quantitative estimate of drug-likeness (QED) is 0.114. The van der Waals surface area contributed by atoms with Crippen molar-refractivity contribution in [2.75, 3.05) is 52.7 Å². The van der Waals surface area contributed by atoms with Crippen LogP contribution in [-0.2, 0) is 49.6 Å². The zero-order valence-corrected chi connectivity index (χ0v) is 32.8. The fourth-order valence-electron chi connectivity index (χ4n) is 7.91. The standard InChI is InChI=1S/C46H55N3O9/c50-40(39(26-32-9-3-1-4-10-32)47-46(53)58-43-31-55-30-42(43)57-29-34-11-5-2-6-12-34)28-36(45(52)48-44-38-14-8-7-13-35(38)27-41(44)51)25-33-15-17-37(18-16-33)56-24-21-49-19-22-54-23-20-49/h1-18,36,39-44,50-51H,19-31H2,(H,47,53)(H,48,52)/t36-,39+,40+,41-,42-,43-,44+/m1/s1. The van der Waals surface area contributed by atoms with Crippen molar-refractivity contribution in [2.45, 2.75) is 68.8 Å². The Morgan fingerprint density at radius 2 is 1.47 bits per heavy atom. The number of aliphatic hydroxyl groups excluding tert-OH is 2. The van der Waals surface area contributed by atoms with Gasteiger partial charge in [-0.05, 0) is 59.2 Å². The lowest BCUT2D eigenvalue weighted by atomic mass is 9.88. The van der Waals surface area contributed by atoms with E-state index >= 15 is 0 Å². The summed E-state index contributed by atoms with van der Waals surface area (Å²) in [7, 11) is 0. The molecular formula is C46H55N3O9. The van der Waals surface area contributed by atoms with Crippen LogP contribution >= 0.6 is 0 Å². The van der Waals surface area contributed by atoms with Crippen LogP contribution in [0.1, 0.15) is 40.3 Å². The topological polar surface area (TPSA) is 148 Å². The summed E-state index contributed by atoms with van der Waals surface area (Å²) >= 11 is 0. The van der Waals surface area contributed by atoms with Crippen molar-refractivity contribution in [1.29, 1.82) is 0 Å². The highest BCUT2D eigenvalue weighted by Gasteiger charge is 2.37. The van der Waals surface area contributed by atoms with E-state index in [0.717, 1.165) is 66.4 Å². The first kappa shape index (κ1) is 41.3. The highest BCUT2D eigenvalue weighted by Crippen LogP contribution is 2.32. The molecule has 58 heavy (non-hydrogen) atoms. The number of carbonyl (C=O) groups excluding carboxylic acids is 2. The fraction of sp³-hybridized carbons (Fsp3) is 0.435. The van der Waals surface area contributed by atoms with E-state index in [1.54, 1.807) is 0 Å². The van der Waals surface area contributed by atoms with Crippen LogP contribution in [0.25, 0.3) is 0 Å². The van der Waals surface area contributed by atoms with E-state index in [1.807, 2.05) is 109 Å². The minimum absolute atomic E-state index is 0.0290. The average Bonchev–Trinajstić information content (AvgIpc) is 3.83. The number of amides is 2. The van der Waals surface area contributed by atoms with Gasteiger partial charge in [0.05, 0.1) is 57.3 Å². The van der Waals surface area contributed by atoms with Crippen LogP contribution in [0.4, 0.5) is 4.79 Å². The second-order valence-corrected chi connectivity index (χ2v) is 15.4. The zero-order valence-electron chi connectivity index (χ0n) is 32.8. The number of hydrogen-bond acceptors (Lipinski definition) is 10. The molecule has 4 aromatic rings. The molecule has 2 heterocycles. The number of hydrogen-bond donors (Lipinski definition) is 4. The van der Waals surface area contributed by atoms with Crippen LogP contribution < -0.4 is 15.4 Å². The van der Waals surface area contributed by atoms with Gasteiger partial charge in [-0.15, -0.1) is 0 Å². The monoisotopic (exact) mass is 793 g/mol. The molecule has 2 fully saturated rings. The van der Waals surface area contributed by atoms with Crippen molar-refractivity contribution in [3.8, 4) is 5.75 Å². The van der Waals surface area contributed by atoms with E-state index in [4.69, 9.17) is 23.7 Å². The molecule has 2 amide bonds. The number of alkyl carbamates (subject to hydrolysis) is 1. The summed E-state index contributed by atoms with van der Waals surface area (Å²) in [5, 5.41) is 29.0. The van der Waals surface area contributed by atoms with Crippen molar-refractivity contribution in [3.63, 3.8) is 0 Å². The van der Waals surface area contributed by atoms with Gasteiger partial charge >= 0.3 is 6.09 Å². The van der Waals surface area contributed by atoms with Gasteiger partial charge in [-0.2, -0.15) is 0 Å². The molecule has 0 bridgehead atoms. The molecule has 2 saturated heterocycles. The second-order valence-electron chi connectivity index (χ2n) is 15.4. The van der Waals surface area contributed by atoms with Gasteiger partial charge in [-0.3, -0.25) is 9.69 Å². The molecular weight excluding hydrogens is 739 g/mol. The number of nitrogens with zero attached hydrogens (tertiary/aromatic N) is 1. The van der Waals surface area contributed by atoms with E-state index in [1.165, 1.54) is 0 Å². The van der Waals surface area contributed by atoms with E-state index in [-0.39, 0.29) is 18.9 Å². The van der Waals surface area contributed by atoms with Gasteiger partial charge < -0.3 is 44.5 Å². The number of aliphatic hydroxyl groups is 2. The van der Waals surface area contributed by atoms with Gasteiger partial charge in [-0.25, -0.2) is 4.79 Å². The summed E-state index contributed by atoms with van der Waals surface area (Å²) in [4.78, 5) is 30.1. The zero-order chi connectivity index (χ0) is 40.1. The predicted molar refractivity (Wildman–Crippen MR) is 217 cm³/mol. The summed E-state index contributed by atoms with van der Waals surface area (Å²) in [5.41, 5.74) is 4.66. The van der Waals surface area contributed by atoms with Crippen LogP contribution in [-0.4, -0.2) is 110 Å². The molecule has 3 aliphatic rings. The molecule has 308 valence electrons. The van der Waals surface area contributed by atoms with Gasteiger partial charge in [-0.1, -0.05) is 97.1 Å². The Labute approximate surface area is 340 Å². The molecule has 12 heteroatoms. The first-order chi connectivity index (χ1) is 28.4. The minimum atomic E-state index is -1.14. The van der Waals surface area contributed by atoms with Crippen LogP contribution in [0.15, 0.2) is 109 Å². The molecule has 0 radical (unpaired) electrons. The summed E-state index contributed by atoms with van der Waals surface area (Å²) in [6.07, 6.45) is -2.63. The largest absolute Gasteiger partial charge is 0.492 e. The lowest BCUT2D eigenvalue weighted by Gasteiger charge is -2.29. The second kappa shape index (κ2) is 20.7. The maximum absolute atomic E-state index is 14.3. The first-order valence-corrected chi connectivity index (χ1v) is 20.4. The lowest BCUT2D eigenvalue weighted by molar-refractivity contribution is -0.127. The summed E-state index contributed by atoms with van der Waals surface area (Å²) < 4.78 is 29.0. The maximum Gasteiger partial charge on any atom is 0.407 e. The molecule has 4 aromatic carbocycles. The Morgan fingerprint density at radius 1 is 0.793 bits per heavy atom. The Kier molecular flexibility index (Phi) is 14.8. The van der Waals surface area contributed by atoms with Crippen LogP contribution in [0, 0.1) is 5.92 Å². The number of benzene rings is 4. The average molecular weight is 794 g/mol. The fourth-order valence-corrected chi connectivity index (χ4v) is 7.91. The molecule has 0 unspecified atom stereocenters. The Bertz CT molecular complexity index is 1880. The van der Waals surface area contributed by atoms with Crippen molar-refractivity contribution >= 4 is 12.0 Å². The molecule has 7 atom stereocenters. The number of morpholine rings is 1. The van der Waals surface area contributed by atoms with Crippen molar-refractivity contribution in [3.05, 3.63) is 137 Å². The molecule has 0 aromatic heterocycles. The molecule has 2 aliphatic heterocycles. The van der Waals surface area contributed by atoms with Crippen LogP contribution in [0.5, 0.6) is 5.75 Å². The smallest absolute Gasteiger partial charge is 0.407 e. The highest BCUT2D eigenvalue weighted by atomic mass is 16.6.